The van der Waals surface area contributed by atoms with E-state index >= 15 is 4.39 Å². The highest BCUT2D eigenvalue weighted by Gasteiger charge is 2.27. The molecule has 0 radical (unpaired) electrons. The van der Waals surface area contributed by atoms with Crippen molar-refractivity contribution < 1.29 is 18.0 Å². The van der Waals surface area contributed by atoms with E-state index in [2.05, 4.69) is 21.5 Å². The molecule has 1 aliphatic heterocycles. The number of nitrogen functional groups attached to an aromatic ring is 1. The number of hydrogen-bond donors (Lipinski definition) is 1. The number of carbonyl (C=O) groups is 1. The fourth-order valence-electron chi connectivity index (χ4n) is 4.13. The zero-order chi connectivity index (χ0) is 24.1. The lowest BCUT2D eigenvalue weighted by Crippen LogP contribution is -2.48. The first-order valence-electron chi connectivity index (χ1n) is 10.1. The number of amides is 1. The number of fused-ring (bicyclic) bond motifs is 2. The molecule has 174 valence electrons. The van der Waals surface area contributed by atoms with Gasteiger partial charge in [-0.2, -0.15) is 0 Å². The number of carbonyl (C=O) groups excluding carboxylic acids is 1. The van der Waals surface area contributed by atoms with Crippen molar-refractivity contribution in [3.63, 3.8) is 0 Å². The third-order valence-corrected chi connectivity index (χ3v) is 6.90. The van der Waals surface area contributed by atoms with Crippen LogP contribution < -0.4 is 10.6 Å². The van der Waals surface area contributed by atoms with Gasteiger partial charge in [0.1, 0.15) is 29.3 Å². The Kier molecular flexibility index (Phi) is 5.53. The molecule has 7 nitrogen and oxygen atoms in total. The molecule has 1 fully saturated rings. The molecule has 12 heteroatoms. The maximum absolute atomic E-state index is 15.8. The van der Waals surface area contributed by atoms with Gasteiger partial charge in [0.25, 0.3) is 0 Å². The molecular weight excluding hydrogens is 489 g/mol. The molecule has 0 saturated carbocycles. The number of halogens is 4. The molecule has 34 heavy (non-hydrogen) atoms. The van der Waals surface area contributed by atoms with Gasteiger partial charge in [0.2, 0.25) is 5.91 Å². The first kappa shape index (κ1) is 22.4. The average Bonchev–Trinajstić information content (AvgIpc) is 3.22. The summed E-state index contributed by atoms with van der Waals surface area (Å²) in [6.07, 6.45) is 2.46. The fraction of sp³-hybridized carbons (Fsp3) is 0.182. The lowest BCUT2D eigenvalue weighted by atomic mass is 10.0. The Morgan fingerprint density at radius 1 is 1.09 bits per heavy atom. The molecule has 0 bridgehead atoms. The van der Waals surface area contributed by atoms with Crippen LogP contribution >= 0.6 is 22.9 Å². The summed E-state index contributed by atoms with van der Waals surface area (Å²) >= 11 is 7.29. The lowest BCUT2D eigenvalue weighted by molar-refractivity contribution is -0.126. The second-order valence-corrected chi connectivity index (χ2v) is 9.04. The van der Waals surface area contributed by atoms with Crippen molar-refractivity contribution in [3.05, 3.63) is 53.6 Å². The first-order valence-corrected chi connectivity index (χ1v) is 11.3. The SMILES string of the molecule is C=CC(=O)N1CCN(c2ncnc3c(F)c(-c4c(F)cc(F)c5sc(N)nc45)c(Cl)cc23)CC1. The highest BCUT2D eigenvalue weighted by atomic mass is 35.5. The van der Waals surface area contributed by atoms with Crippen molar-refractivity contribution >= 4 is 60.9 Å². The summed E-state index contributed by atoms with van der Waals surface area (Å²) < 4.78 is 45.0. The van der Waals surface area contributed by atoms with Crippen molar-refractivity contribution in [1.82, 2.24) is 19.9 Å². The Bertz CT molecular complexity index is 1490. The zero-order valence-electron chi connectivity index (χ0n) is 17.5. The maximum atomic E-state index is 15.8. The summed E-state index contributed by atoms with van der Waals surface area (Å²) in [5, 5.41) is 0.227. The average molecular weight is 505 g/mol. The molecule has 2 aromatic carbocycles. The van der Waals surface area contributed by atoms with Crippen LogP contribution in [0.1, 0.15) is 0 Å². The van der Waals surface area contributed by atoms with Crippen molar-refractivity contribution in [3.8, 4) is 11.1 Å². The Morgan fingerprint density at radius 3 is 2.53 bits per heavy atom. The quantitative estimate of drug-likeness (QED) is 0.416. The van der Waals surface area contributed by atoms with Crippen molar-refractivity contribution in [2.75, 3.05) is 36.8 Å². The molecule has 5 rings (SSSR count). The molecule has 1 aliphatic rings. The number of rotatable bonds is 3. The van der Waals surface area contributed by atoms with Gasteiger partial charge < -0.3 is 15.5 Å². The predicted molar refractivity (Wildman–Crippen MR) is 126 cm³/mol. The van der Waals surface area contributed by atoms with Gasteiger partial charge in [-0.3, -0.25) is 4.79 Å². The monoisotopic (exact) mass is 504 g/mol. The second kappa shape index (κ2) is 8.41. The molecule has 1 amide bonds. The van der Waals surface area contributed by atoms with E-state index in [0.29, 0.717) is 43.4 Å². The largest absolute Gasteiger partial charge is 0.375 e. The Hall–Kier alpha value is -3.44. The molecule has 0 unspecified atom stereocenters. The van der Waals surface area contributed by atoms with E-state index in [1.165, 1.54) is 18.5 Å². The number of hydrogen-bond acceptors (Lipinski definition) is 7. The molecule has 3 heterocycles. The number of nitrogens with zero attached hydrogens (tertiary/aromatic N) is 5. The van der Waals surface area contributed by atoms with Crippen LogP contribution in [0.2, 0.25) is 5.02 Å². The minimum Gasteiger partial charge on any atom is -0.375 e. The van der Waals surface area contributed by atoms with Gasteiger partial charge in [0.05, 0.1) is 15.2 Å². The summed E-state index contributed by atoms with van der Waals surface area (Å²) in [6, 6.07) is 2.11. The van der Waals surface area contributed by atoms with Crippen molar-refractivity contribution in [1.29, 1.82) is 0 Å². The Labute approximate surface area is 200 Å². The molecular formula is C22H16ClF3N6OS. The van der Waals surface area contributed by atoms with Gasteiger partial charge in [-0.05, 0) is 12.1 Å². The van der Waals surface area contributed by atoms with Crippen molar-refractivity contribution in [2.24, 2.45) is 0 Å². The molecule has 4 aromatic rings. The minimum absolute atomic E-state index is 0.000201. The number of aromatic nitrogens is 3. The molecule has 0 atom stereocenters. The van der Waals surface area contributed by atoms with E-state index in [9.17, 15) is 13.6 Å². The smallest absolute Gasteiger partial charge is 0.246 e. The van der Waals surface area contributed by atoms with Gasteiger partial charge in [0, 0.05) is 48.8 Å². The number of nitrogens with two attached hydrogens (primary N) is 1. The van der Waals surface area contributed by atoms with E-state index in [4.69, 9.17) is 17.3 Å². The summed E-state index contributed by atoms with van der Waals surface area (Å²) in [7, 11) is 0. The van der Waals surface area contributed by atoms with Crippen LogP contribution in [-0.4, -0.2) is 51.9 Å². The lowest BCUT2D eigenvalue weighted by Gasteiger charge is -2.35. The summed E-state index contributed by atoms with van der Waals surface area (Å²) in [4.78, 5) is 27.8. The van der Waals surface area contributed by atoms with Gasteiger partial charge >= 0.3 is 0 Å². The van der Waals surface area contributed by atoms with E-state index in [0.717, 1.165) is 11.3 Å². The van der Waals surface area contributed by atoms with Crippen molar-refractivity contribution in [2.45, 2.75) is 0 Å². The Balaban J connectivity index is 1.64. The third kappa shape index (κ3) is 3.51. The van der Waals surface area contributed by atoms with Gasteiger partial charge in [-0.25, -0.2) is 28.1 Å². The first-order chi connectivity index (χ1) is 16.3. The predicted octanol–water partition coefficient (Wildman–Crippen LogP) is 4.39. The zero-order valence-corrected chi connectivity index (χ0v) is 19.1. The Morgan fingerprint density at radius 2 is 1.82 bits per heavy atom. The number of thiazole rings is 1. The maximum Gasteiger partial charge on any atom is 0.246 e. The van der Waals surface area contributed by atoms with Gasteiger partial charge in [0.15, 0.2) is 10.9 Å². The van der Waals surface area contributed by atoms with E-state index < -0.39 is 17.5 Å². The standard InChI is InChI=1S/C22H16ClF3N6OS/c1-2-14(33)31-3-5-32(6-4-31)21-10-7-11(23)15(17(26)18(10)28-9-29-21)16-12(24)8-13(25)20-19(16)30-22(27)34-20/h2,7-9H,1,3-6H2,(H2,27,30). The summed E-state index contributed by atoms with van der Waals surface area (Å²) in [5.41, 5.74) is 4.94. The van der Waals surface area contributed by atoms with Crippen LogP contribution in [0.15, 0.2) is 31.1 Å². The topological polar surface area (TPSA) is 88.2 Å². The van der Waals surface area contributed by atoms with Gasteiger partial charge in [-0.15, -0.1) is 0 Å². The molecule has 2 aromatic heterocycles. The number of benzene rings is 2. The van der Waals surface area contributed by atoms with Crippen LogP contribution in [0.5, 0.6) is 0 Å². The van der Waals surface area contributed by atoms with E-state index in [1.54, 1.807) is 4.90 Å². The van der Waals surface area contributed by atoms with E-state index in [-0.39, 0.29) is 42.9 Å². The highest BCUT2D eigenvalue weighted by Crippen LogP contribution is 2.43. The molecule has 2 N–H and O–H groups in total. The van der Waals surface area contributed by atoms with Crippen LogP contribution in [0, 0.1) is 17.5 Å². The molecule has 0 spiro atoms. The van der Waals surface area contributed by atoms with Crippen LogP contribution in [-0.2, 0) is 4.79 Å². The number of piperazine rings is 1. The third-order valence-electron chi connectivity index (χ3n) is 5.71. The normalized spacial score (nSPS) is 14.2. The molecule has 0 aliphatic carbocycles. The van der Waals surface area contributed by atoms with Crippen LogP contribution in [0.3, 0.4) is 0 Å². The number of anilines is 2. The summed E-state index contributed by atoms with van der Waals surface area (Å²) in [5.74, 6) is -2.48. The molecule has 1 saturated heterocycles. The van der Waals surface area contributed by atoms with Crippen LogP contribution in [0.4, 0.5) is 24.1 Å². The highest BCUT2D eigenvalue weighted by molar-refractivity contribution is 7.22. The van der Waals surface area contributed by atoms with Crippen LogP contribution in [0.25, 0.3) is 32.2 Å². The minimum atomic E-state index is -1.02. The fourth-order valence-corrected chi connectivity index (χ4v) is 5.17. The van der Waals surface area contributed by atoms with Gasteiger partial charge in [-0.1, -0.05) is 29.5 Å². The second-order valence-electron chi connectivity index (χ2n) is 7.60. The summed E-state index contributed by atoms with van der Waals surface area (Å²) in [6.45, 7) is 5.29. The van der Waals surface area contributed by atoms with E-state index in [1.807, 2.05) is 4.90 Å².